The first-order valence-corrected chi connectivity index (χ1v) is 8.90. The molecule has 0 saturated heterocycles. The number of carboxylic acid groups (broad SMARTS) is 1. The van der Waals surface area contributed by atoms with Gasteiger partial charge in [-0.1, -0.05) is 39.5 Å². The lowest BCUT2D eigenvalue weighted by Gasteiger charge is -2.08. The van der Waals surface area contributed by atoms with Crippen LogP contribution in [0.4, 0.5) is 4.79 Å². The van der Waals surface area contributed by atoms with Crippen LogP contribution in [0.25, 0.3) is 0 Å². The predicted octanol–water partition coefficient (Wildman–Crippen LogP) is 2.76. The van der Waals surface area contributed by atoms with Crippen molar-refractivity contribution in [3.63, 3.8) is 0 Å². The molecule has 0 aromatic carbocycles. The lowest BCUT2D eigenvalue weighted by atomic mass is 10.1. The van der Waals surface area contributed by atoms with Crippen molar-refractivity contribution in [2.75, 3.05) is 13.2 Å². The molecular formula is C17H32N2O4. The number of ether oxygens (including phenoxy) is 1. The molecule has 6 nitrogen and oxygen atoms in total. The fourth-order valence-corrected chi connectivity index (χ4v) is 3.32. The number of nitrogens with two attached hydrogens (primary N) is 1. The predicted molar refractivity (Wildman–Crippen MR) is 89.1 cm³/mol. The number of hydrogen-bond donors (Lipinski definition) is 3. The lowest BCUT2D eigenvalue weighted by molar-refractivity contribution is -0.138. The first kappa shape index (κ1) is 19.7. The van der Waals surface area contributed by atoms with Gasteiger partial charge < -0.3 is 20.9 Å². The Kier molecular flexibility index (Phi) is 8.99. The average Bonchev–Trinajstić information content (AvgIpc) is 3.16. The van der Waals surface area contributed by atoms with Gasteiger partial charge >= 0.3 is 12.1 Å². The molecule has 1 saturated carbocycles. The second-order valence-corrected chi connectivity index (χ2v) is 6.53. The van der Waals surface area contributed by atoms with E-state index in [1.54, 1.807) is 0 Å². The van der Waals surface area contributed by atoms with Crippen LogP contribution in [0.15, 0.2) is 0 Å². The van der Waals surface area contributed by atoms with Crippen LogP contribution < -0.4 is 11.1 Å². The number of unbranched alkanes of at least 4 members (excludes halogenated alkanes) is 1. The van der Waals surface area contributed by atoms with Crippen molar-refractivity contribution >= 4 is 12.1 Å². The first-order chi connectivity index (χ1) is 11.0. The fourth-order valence-electron chi connectivity index (χ4n) is 3.32. The van der Waals surface area contributed by atoms with Crippen LogP contribution in [-0.2, 0) is 9.53 Å². The molecule has 0 aliphatic heterocycles. The number of aliphatic carboxylic acids is 1. The van der Waals surface area contributed by atoms with Gasteiger partial charge in [0.1, 0.15) is 6.04 Å². The monoisotopic (exact) mass is 328 g/mol. The highest BCUT2D eigenvalue weighted by atomic mass is 16.5. The third-order valence-electron chi connectivity index (χ3n) is 4.69. The van der Waals surface area contributed by atoms with E-state index in [-0.39, 0.29) is 6.09 Å². The van der Waals surface area contributed by atoms with Crippen LogP contribution in [0.1, 0.15) is 58.8 Å². The van der Waals surface area contributed by atoms with Gasteiger partial charge in [-0.25, -0.2) is 4.79 Å². The number of nitrogens with one attached hydrogen (secondary N) is 1. The first-order valence-electron chi connectivity index (χ1n) is 8.90. The second kappa shape index (κ2) is 10.5. The summed E-state index contributed by atoms with van der Waals surface area (Å²) < 4.78 is 5.32. The summed E-state index contributed by atoms with van der Waals surface area (Å²) in [5, 5.41) is 11.4. The van der Waals surface area contributed by atoms with Gasteiger partial charge in [0.05, 0.1) is 6.61 Å². The highest BCUT2D eigenvalue weighted by Crippen LogP contribution is 2.51. The van der Waals surface area contributed by atoms with E-state index in [2.05, 4.69) is 19.2 Å². The lowest BCUT2D eigenvalue weighted by Crippen LogP contribution is -2.30. The number of amides is 1. The molecule has 1 rings (SSSR count). The number of carbonyl (C=O) groups excluding carboxylic acids is 1. The van der Waals surface area contributed by atoms with Crippen LogP contribution >= 0.6 is 0 Å². The molecule has 134 valence electrons. The van der Waals surface area contributed by atoms with E-state index < -0.39 is 12.0 Å². The highest BCUT2D eigenvalue weighted by Gasteiger charge is 2.48. The maximum Gasteiger partial charge on any atom is 0.407 e. The quantitative estimate of drug-likeness (QED) is 0.478. The van der Waals surface area contributed by atoms with E-state index in [0.717, 1.165) is 11.8 Å². The molecule has 23 heavy (non-hydrogen) atoms. The zero-order valence-electron chi connectivity index (χ0n) is 14.4. The summed E-state index contributed by atoms with van der Waals surface area (Å²) in [6, 6.07) is -0.817. The summed E-state index contributed by atoms with van der Waals surface area (Å²) in [6.45, 7) is 5.40. The van der Waals surface area contributed by atoms with Gasteiger partial charge in [0.25, 0.3) is 0 Å². The Morgan fingerprint density at radius 1 is 1.13 bits per heavy atom. The van der Waals surface area contributed by atoms with E-state index in [4.69, 9.17) is 15.6 Å². The molecule has 1 aliphatic carbocycles. The minimum atomic E-state index is -0.981. The van der Waals surface area contributed by atoms with Crippen molar-refractivity contribution in [1.82, 2.24) is 5.32 Å². The smallest absolute Gasteiger partial charge is 0.407 e. The molecule has 0 aromatic heterocycles. The molecule has 1 aliphatic rings. The van der Waals surface area contributed by atoms with Crippen LogP contribution in [0.3, 0.4) is 0 Å². The van der Waals surface area contributed by atoms with E-state index in [0.29, 0.717) is 38.3 Å². The number of carboxylic acids is 1. The maximum atomic E-state index is 11.7. The molecule has 0 aromatic rings. The number of alkyl carbamates (subject to hydrolysis) is 1. The van der Waals surface area contributed by atoms with E-state index in [1.807, 2.05) is 0 Å². The topological polar surface area (TPSA) is 102 Å². The number of rotatable bonds is 12. The van der Waals surface area contributed by atoms with Gasteiger partial charge in [-0.3, -0.25) is 4.79 Å². The molecule has 1 fully saturated rings. The normalized spacial score (nSPS) is 24.0. The van der Waals surface area contributed by atoms with E-state index >= 15 is 0 Å². The number of hydrogen-bond acceptors (Lipinski definition) is 4. The summed E-state index contributed by atoms with van der Waals surface area (Å²) in [4.78, 5) is 22.2. The summed E-state index contributed by atoms with van der Waals surface area (Å²) in [5.74, 6) is 1.01. The average molecular weight is 328 g/mol. The summed E-state index contributed by atoms with van der Waals surface area (Å²) in [6.07, 6.45) is 6.26. The third-order valence-corrected chi connectivity index (χ3v) is 4.69. The standard InChI is InChI=1S/C17H32N2O4/c1-3-7-12-13(8-4-2)14(12)11-23-17(22)19-10-6-5-9-15(18)16(20)21/h12-15H,3-11,18H2,1-2H3,(H,19,22)(H,20,21). The molecule has 0 spiro atoms. The number of carbonyl (C=O) groups is 2. The molecule has 3 atom stereocenters. The molecule has 0 bridgehead atoms. The Labute approximate surface area is 139 Å². The van der Waals surface area contributed by atoms with Crippen molar-refractivity contribution in [2.24, 2.45) is 23.5 Å². The molecule has 1 amide bonds. The minimum absolute atomic E-state index is 0.370. The molecule has 4 N–H and O–H groups in total. The van der Waals surface area contributed by atoms with Crippen molar-refractivity contribution in [1.29, 1.82) is 0 Å². The van der Waals surface area contributed by atoms with Crippen molar-refractivity contribution in [3.8, 4) is 0 Å². The van der Waals surface area contributed by atoms with Gasteiger partial charge in [0.15, 0.2) is 0 Å². The minimum Gasteiger partial charge on any atom is -0.480 e. The van der Waals surface area contributed by atoms with E-state index in [9.17, 15) is 9.59 Å². The summed E-state index contributed by atoms with van der Waals surface area (Å²) in [5.41, 5.74) is 5.41. The largest absolute Gasteiger partial charge is 0.480 e. The van der Waals surface area contributed by atoms with Crippen molar-refractivity contribution in [2.45, 2.75) is 64.8 Å². The SMILES string of the molecule is CCCC1C(CCC)C1COC(=O)NCCCCC(N)C(=O)O. The van der Waals surface area contributed by atoms with Gasteiger partial charge in [0.2, 0.25) is 0 Å². The molecular weight excluding hydrogens is 296 g/mol. The fraction of sp³-hybridized carbons (Fsp3) is 0.882. The summed E-state index contributed by atoms with van der Waals surface area (Å²) >= 11 is 0. The molecule has 3 unspecified atom stereocenters. The second-order valence-electron chi connectivity index (χ2n) is 6.53. The highest BCUT2D eigenvalue weighted by molar-refractivity contribution is 5.72. The zero-order valence-corrected chi connectivity index (χ0v) is 14.4. The van der Waals surface area contributed by atoms with E-state index in [1.165, 1.54) is 25.7 Å². The molecule has 0 radical (unpaired) electrons. The van der Waals surface area contributed by atoms with Gasteiger partial charge in [0, 0.05) is 6.54 Å². The van der Waals surface area contributed by atoms with Crippen LogP contribution in [0.2, 0.25) is 0 Å². The van der Waals surface area contributed by atoms with Gasteiger partial charge in [-0.05, 0) is 37.0 Å². The Hall–Kier alpha value is -1.30. The molecule has 0 heterocycles. The van der Waals surface area contributed by atoms with Crippen LogP contribution in [0.5, 0.6) is 0 Å². The Morgan fingerprint density at radius 3 is 2.26 bits per heavy atom. The summed E-state index contributed by atoms with van der Waals surface area (Å²) in [7, 11) is 0. The zero-order chi connectivity index (χ0) is 17.2. The van der Waals surface area contributed by atoms with Crippen molar-refractivity contribution < 1.29 is 19.4 Å². The van der Waals surface area contributed by atoms with Crippen molar-refractivity contribution in [3.05, 3.63) is 0 Å². The Bertz CT molecular complexity index is 364. The van der Waals surface area contributed by atoms with Crippen LogP contribution in [-0.4, -0.2) is 36.4 Å². The maximum absolute atomic E-state index is 11.7. The Balaban J connectivity index is 2.07. The molecule has 6 heteroatoms. The third kappa shape index (κ3) is 7.20. The van der Waals surface area contributed by atoms with Gasteiger partial charge in [-0.15, -0.1) is 0 Å². The van der Waals surface area contributed by atoms with Gasteiger partial charge in [-0.2, -0.15) is 0 Å². The Morgan fingerprint density at radius 2 is 1.74 bits per heavy atom. The van der Waals surface area contributed by atoms with Crippen LogP contribution in [0, 0.1) is 17.8 Å².